The fourth-order valence-electron chi connectivity index (χ4n) is 4.07. The quantitative estimate of drug-likeness (QED) is 0.774. The number of hydrogen-bond donors (Lipinski definition) is 2. The molecule has 158 valence electrons. The van der Waals surface area contributed by atoms with E-state index in [9.17, 15) is 14.0 Å². The van der Waals surface area contributed by atoms with Crippen LogP contribution in [-0.2, 0) is 9.59 Å². The number of carbonyl (C=O) groups is 2. The van der Waals surface area contributed by atoms with E-state index in [2.05, 4.69) is 20.3 Å². The number of halogens is 1. The zero-order valence-corrected chi connectivity index (χ0v) is 16.6. The number of carboxylic acid groups (broad SMARTS) is 1. The summed E-state index contributed by atoms with van der Waals surface area (Å²) in [6.45, 7) is 0.605. The average Bonchev–Trinajstić information content (AvgIpc) is 2.76. The molecule has 2 aliphatic rings. The molecule has 2 aromatic rings. The number of rotatable bonds is 5. The normalized spacial score (nSPS) is 22.0. The molecule has 0 atom stereocenters. The summed E-state index contributed by atoms with van der Waals surface area (Å²) >= 11 is 0. The van der Waals surface area contributed by atoms with Gasteiger partial charge in [-0.25, -0.2) is 19.3 Å². The standard InChI is InChI=1S/C21H24FN5O3/c22-16-12-24-21(25-15-6-4-13(5-7-15)20(29)30)26-19(16)14-8-9-23-17(11-14)27-10-2-1-3-18(27)28/h8-9,11-13,15H,1-7,10H2,(H,29,30)(H,24,25,26)/t13-,15-. The van der Waals surface area contributed by atoms with Crippen molar-refractivity contribution in [1.82, 2.24) is 15.0 Å². The van der Waals surface area contributed by atoms with Crippen LogP contribution in [0.3, 0.4) is 0 Å². The SMILES string of the molecule is O=C1CCCCN1c1cc(-c2nc(N[C@H]3CC[C@H](C(=O)O)CC3)ncc2F)ccn1. The first-order valence-electron chi connectivity index (χ1n) is 10.3. The van der Waals surface area contributed by atoms with Gasteiger partial charge in [-0.2, -0.15) is 0 Å². The van der Waals surface area contributed by atoms with Crippen molar-refractivity contribution in [2.45, 2.75) is 51.0 Å². The fraction of sp³-hybridized carbons (Fsp3) is 0.476. The Kier molecular flexibility index (Phi) is 5.87. The molecule has 9 heteroatoms. The maximum absolute atomic E-state index is 14.5. The topological polar surface area (TPSA) is 108 Å². The Hall–Kier alpha value is -3.10. The number of aliphatic carboxylic acids is 1. The third kappa shape index (κ3) is 4.39. The van der Waals surface area contributed by atoms with Gasteiger partial charge in [0.1, 0.15) is 11.5 Å². The zero-order chi connectivity index (χ0) is 21.1. The van der Waals surface area contributed by atoms with Gasteiger partial charge in [0.15, 0.2) is 5.82 Å². The van der Waals surface area contributed by atoms with E-state index in [-0.39, 0.29) is 23.6 Å². The number of pyridine rings is 1. The Morgan fingerprint density at radius 1 is 1.20 bits per heavy atom. The molecular weight excluding hydrogens is 389 g/mol. The summed E-state index contributed by atoms with van der Waals surface area (Å²) in [7, 11) is 0. The van der Waals surface area contributed by atoms with Crippen molar-refractivity contribution in [3.8, 4) is 11.3 Å². The van der Waals surface area contributed by atoms with Gasteiger partial charge >= 0.3 is 5.97 Å². The molecule has 30 heavy (non-hydrogen) atoms. The summed E-state index contributed by atoms with van der Waals surface area (Å²) < 4.78 is 14.5. The number of nitrogens with zero attached hydrogens (tertiary/aromatic N) is 4. The van der Waals surface area contributed by atoms with Crippen LogP contribution >= 0.6 is 0 Å². The number of amides is 1. The number of anilines is 2. The molecule has 0 aromatic carbocycles. The largest absolute Gasteiger partial charge is 0.481 e. The minimum Gasteiger partial charge on any atom is -0.481 e. The molecule has 1 saturated carbocycles. The first-order valence-corrected chi connectivity index (χ1v) is 10.3. The van der Waals surface area contributed by atoms with Gasteiger partial charge in [-0.15, -0.1) is 0 Å². The molecule has 2 aromatic heterocycles. The lowest BCUT2D eigenvalue weighted by atomic mass is 9.86. The fourth-order valence-corrected chi connectivity index (χ4v) is 4.07. The van der Waals surface area contributed by atoms with Crippen LogP contribution in [0.1, 0.15) is 44.9 Å². The van der Waals surface area contributed by atoms with Crippen molar-refractivity contribution < 1.29 is 19.1 Å². The highest BCUT2D eigenvalue weighted by Gasteiger charge is 2.26. The van der Waals surface area contributed by atoms with Gasteiger partial charge in [0.25, 0.3) is 0 Å². The van der Waals surface area contributed by atoms with Gasteiger partial charge in [-0.05, 0) is 50.7 Å². The lowest BCUT2D eigenvalue weighted by Gasteiger charge is -2.27. The molecule has 0 bridgehead atoms. The van der Waals surface area contributed by atoms with E-state index >= 15 is 0 Å². The highest BCUT2D eigenvalue weighted by atomic mass is 19.1. The maximum atomic E-state index is 14.5. The summed E-state index contributed by atoms with van der Waals surface area (Å²) in [5.74, 6) is -0.796. The Labute approximate surface area is 173 Å². The molecule has 1 saturated heterocycles. The Morgan fingerprint density at radius 2 is 2.00 bits per heavy atom. The molecule has 1 amide bonds. The number of hydrogen-bond acceptors (Lipinski definition) is 6. The minimum absolute atomic E-state index is 0.0216. The van der Waals surface area contributed by atoms with E-state index in [1.807, 2.05) is 0 Å². The van der Waals surface area contributed by atoms with E-state index in [0.717, 1.165) is 19.0 Å². The molecule has 1 aliphatic carbocycles. The third-order valence-electron chi connectivity index (χ3n) is 5.77. The van der Waals surface area contributed by atoms with Crippen molar-refractivity contribution in [2.24, 2.45) is 5.92 Å². The molecular formula is C21H24FN5O3. The van der Waals surface area contributed by atoms with Crippen molar-refractivity contribution in [3.63, 3.8) is 0 Å². The Bertz CT molecular complexity index is 946. The molecule has 2 N–H and O–H groups in total. The summed E-state index contributed by atoms with van der Waals surface area (Å²) in [4.78, 5) is 37.6. The van der Waals surface area contributed by atoms with Gasteiger partial charge in [-0.3, -0.25) is 14.5 Å². The van der Waals surface area contributed by atoms with Gasteiger partial charge in [0, 0.05) is 30.8 Å². The van der Waals surface area contributed by atoms with Gasteiger partial charge in [-0.1, -0.05) is 0 Å². The van der Waals surface area contributed by atoms with Gasteiger partial charge in [0.05, 0.1) is 12.1 Å². The first kappa shape index (κ1) is 20.2. The zero-order valence-electron chi connectivity index (χ0n) is 16.6. The van der Waals surface area contributed by atoms with E-state index < -0.39 is 11.8 Å². The van der Waals surface area contributed by atoms with Crippen LogP contribution in [0.25, 0.3) is 11.3 Å². The number of carbonyl (C=O) groups excluding carboxylic acids is 1. The molecule has 0 spiro atoms. The Balaban J connectivity index is 1.52. The number of nitrogens with one attached hydrogen (secondary N) is 1. The molecule has 3 heterocycles. The second kappa shape index (κ2) is 8.73. The predicted molar refractivity (Wildman–Crippen MR) is 108 cm³/mol. The number of carboxylic acids is 1. The van der Waals surface area contributed by atoms with Crippen LogP contribution in [0.2, 0.25) is 0 Å². The molecule has 1 aliphatic heterocycles. The minimum atomic E-state index is -0.755. The monoisotopic (exact) mass is 413 g/mol. The van der Waals surface area contributed by atoms with Gasteiger partial charge < -0.3 is 10.4 Å². The number of aromatic nitrogens is 3. The summed E-state index contributed by atoms with van der Waals surface area (Å²) in [5.41, 5.74) is 0.663. The van der Waals surface area contributed by atoms with Crippen LogP contribution in [0, 0.1) is 11.7 Å². The van der Waals surface area contributed by atoms with E-state index in [0.29, 0.717) is 56.0 Å². The van der Waals surface area contributed by atoms with Crippen LogP contribution < -0.4 is 10.2 Å². The average molecular weight is 413 g/mol. The summed E-state index contributed by atoms with van der Waals surface area (Å²) in [5, 5.41) is 12.3. The smallest absolute Gasteiger partial charge is 0.306 e. The van der Waals surface area contributed by atoms with Gasteiger partial charge in [0.2, 0.25) is 11.9 Å². The highest BCUT2D eigenvalue weighted by Crippen LogP contribution is 2.28. The van der Waals surface area contributed by atoms with Crippen molar-refractivity contribution in [3.05, 3.63) is 30.3 Å². The summed E-state index contributed by atoms with van der Waals surface area (Å²) in [6.07, 6.45) is 7.54. The van der Waals surface area contributed by atoms with Crippen molar-refractivity contribution in [2.75, 3.05) is 16.8 Å². The molecule has 4 rings (SSSR count). The van der Waals surface area contributed by atoms with E-state index in [1.54, 1.807) is 23.2 Å². The molecule has 2 fully saturated rings. The lowest BCUT2D eigenvalue weighted by molar-refractivity contribution is -0.142. The van der Waals surface area contributed by atoms with Crippen LogP contribution in [0.15, 0.2) is 24.5 Å². The maximum Gasteiger partial charge on any atom is 0.306 e. The Morgan fingerprint density at radius 3 is 2.73 bits per heavy atom. The predicted octanol–water partition coefficient (Wildman–Crippen LogP) is 3.25. The second-order valence-corrected chi connectivity index (χ2v) is 7.83. The summed E-state index contributed by atoms with van der Waals surface area (Å²) in [6, 6.07) is 3.39. The van der Waals surface area contributed by atoms with Crippen LogP contribution in [0.5, 0.6) is 0 Å². The lowest BCUT2D eigenvalue weighted by Crippen LogP contribution is -2.35. The second-order valence-electron chi connectivity index (χ2n) is 7.83. The number of piperidine rings is 1. The molecule has 0 unspecified atom stereocenters. The van der Waals surface area contributed by atoms with E-state index in [4.69, 9.17) is 5.11 Å². The molecule has 0 radical (unpaired) electrons. The van der Waals surface area contributed by atoms with Crippen molar-refractivity contribution >= 4 is 23.6 Å². The van der Waals surface area contributed by atoms with Crippen molar-refractivity contribution in [1.29, 1.82) is 0 Å². The van der Waals surface area contributed by atoms with Crippen LogP contribution in [-0.4, -0.2) is 44.5 Å². The highest BCUT2D eigenvalue weighted by molar-refractivity contribution is 5.93. The van der Waals surface area contributed by atoms with Crippen LogP contribution in [0.4, 0.5) is 16.2 Å². The first-order chi connectivity index (χ1) is 14.5. The molecule has 8 nitrogen and oxygen atoms in total. The third-order valence-corrected chi connectivity index (χ3v) is 5.77. The van der Waals surface area contributed by atoms with E-state index in [1.165, 1.54) is 0 Å².